The molecule has 98 valence electrons. The van der Waals surface area contributed by atoms with Crippen LogP contribution in [-0.2, 0) is 9.53 Å². The molecule has 1 fully saturated rings. The SMILES string of the molecule is CNC(=O)C1COCCN1c1cccc(Cl)c1N. The van der Waals surface area contributed by atoms with E-state index in [0.717, 1.165) is 5.69 Å². The molecule has 1 saturated heterocycles. The van der Waals surface area contributed by atoms with E-state index >= 15 is 0 Å². The van der Waals surface area contributed by atoms with E-state index in [4.69, 9.17) is 22.1 Å². The van der Waals surface area contributed by atoms with Crippen LogP contribution in [0.1, 0.15) is 0 Å². The van der Waals surface area contributed by atoms with Gasteiger partial charge in [-0.2, -0.15) is 0 Å². The number of benzene rings is 1. The largest absolute Gasteiger partial charge is 0.396 e. The zero-order valence-corrected chi connectivity index (χ0v) is 10.9. The Morgan fingerprint density at radius 3 is 3.11 bits per heavy atom. The molecule has 0 bridgehead atoms. The zero-order chi connectivity index (χ0) is 13.1. The number of nitrogens with one attached hydrogen (secondary N) is 1. The van der Waals surface area contributed by atoms with Crippen molar-refractivity contribution in [2.24, 2.45) is 0 Å². The summed E-state index contributed by atoms with van der Waals surface area (Å²) in [7, 11) is 1.61. The number of likely N-dealkylation sites (N-methyl/N-ethyl adjacent to an activating group) is 1. The fourth-order valence-corrected chi connectivity index (χ4v) is 2.22. The Labute approximate surface area is 111 Å². The lowest BCUT2D eigenvalue weighted by molar-refractivity contribution is -0.124. The molecule has 0 spiro atoms. The van der Waals surface area contributed by atoms with Crippen molar-refractivity contribution in [2.45, 2.75) is 6.04 Å². The second-order valence-corrected chi connectivity index (χ2v) is 4.48. The number of hydrogen-bond donors (Lipinski definition) is 2. The van der Waals surface area contributed by atoms with Crippen molar-refractivity contribution in [2.75, 3.05) is 37.4 Å². The fraction of sp³-hybridized carbons (Fsp3) is 0.417. The Balaban J connectivity index is 2.34. The van der Waals surface area contributed by atoms with Crippen LogP contribution in [0.25, 0.3) is 0 Å². The highest BCUT2D eigenvalue weighted by atomic mass is 35.5. The highest BCUT2D eigenvalue weighted by Crippen LogP contribution is 2.32. The first-order valence-electron chi connectivity index (χ1n) is 5.75. The van der Waals surface area contributed by atoms with Gasteiger partial charge < -0.3 is 20.7 Å². The summed E-state index contributed by atoms with van der Waals surface area (Å²) in [4.78, 5) is 13.8. The smallest absolute Gasteiger partial charge is 0.244 e. The lowest BCUT2D eigenvalue weighted by Gasteiger charge is -2.36. The molecule has 5 nitrogen and oxygen atoms in total. The molecule has 0 saturated carbocycles. The molecule has 1 heterocycles. The maximum Gasteiger partial charge on any atom is 0.244 e. The van der Waals surface area contributed by atoms with Gasteiger partial charge in [-0.1, -0.05) is 17.7 Å². The first-order valence-corrected chi connectivity index (χ1v) is 6.13. The summed E-state index contributed by atoms with van der Waals surface area (Å²) < 4.78 is 5.35. The first kappa shape index (κ1) is 13.0. The molecule has 1 aliphatic rings. The molecular formula is C12H16ClN3O2. The number of nitrogens with two attached hydrogens (primary N) is 1. The van der Waals surface area contributed by atoms with Crippen molar-refractivity contribution >= 4 is 28.9 Å². The summed E-state index contributed by atoms with van der Waals surface area (Å²) in [6.45, 7) is 1.54. The third kappa shape index (κ3) is 2.37. The van der Waals surface area contributed by atoms with Gasteiger partial charge >= 0.3 is 0 Å². The molecule has 1 amide bonds. The van der Waals surface area contributed by atoms with Gasteiger partial charge in [0.05, 0.1) is 29.6 Å². The van der Waals surface area contributed by atoms with Crippen molar-refractivity contribution in [3.05, 3.63) is 23.2 Å². The van der Waals surface area contributed by atoms with Crippen molar-refractivity contribution in [1.29, 1.82) is 0 Å². The van der Waals surface area contributed by atoms with Crippen LogP contribution >= 0.6 is 11.6 Å². The number of carbonyl (C=O) groups is 1. The third-order valence-corrected chi connectivity index (χ3v) is 3.35. The summed E-state index contributed by atoms with van der Waals surface area (Å²) in [6, 6.07) is 5.05. The van der Waals surface area contributed by atoms with Crippen LogP contribution in [0.2, 0.25) is 5.02 Å². The van der Waals surface area contributed by atoms with Crippen molar-refractivity contribution in [3.8, 4) is 0 Å². The topological polar surface area (TPSA) is 67.6 Å². The molecule has 18 heavy (non-hydrogen) atoms. The van der Waals surface area contributed by atoms with Gasteiger partial charge in [0.25, 0.3) is 0 Å². The minimum atomic E-state index is -0.371. The summed E-state index contributed by atoms with van der Waals surface area (Å²) in [5, 5.41) is 3.13. The molecule has 0 aromatic heterocycles. The number of rotatable bonds is 2. The second kappa shape index (κ2) is 5.46. The third-order valence-electron chi connectivity index (χ3n) is 3.02. The Morgan fingerprint density at radius 2 is 2.39 bits per heavy atom. The number of morpholine rings is 1. The number of carbonyl (C=O) groups excluding carboxylic acids is 1. The van der Waals surface area contributed by atoms with Gasteiger partial charge in [0, 0.05) is 13.6 Å². The van der Waals surface area contributed by atoms with E-state index in [1.54, 1.807) is 13.1 Å². The highest BCUT2D eigenvalue weighted by Gasteiger charge is 2.30. The minimum absolute atomic E-state index is 0.0888. The van der Waals surface area contributed by atoms with Gasteiger partial charge in [-0.3, -0.25) is 4.79 Å². The fourth-order valence-electron chi connectivity index (χ4n) is 2.05. The molecule has 1 unspecified atom stereocenters. The van der Waals surface area contributed by atoms with E-state index in [-0.39, 0.29) is 11.9 Å². The van der Waals surface area contributed by atoms with Crippen LogP contribution in [0.15, 0.2) is 18.2 Å². The number of ether oxygens (including phenoxy) is 1. The Bertz CT molecular complexity index is 453. The molecule has 1 atom stereocenters. The van der Waals surface area contributed by atoms with E-state index in [9.17, 15) is 4.79 Å². The van der Waals surface area contributed by atoms with Crippen molar-refractivity contribution in [3.63, 3.8) is 0 Å². The number of para-hydroxylation sites is 1. The van der Waals surface area contributed by atoms with Crippen LogP contribution in [0, 0.1) is 0 Å². The molecule has 0 radical (unpaired) electrons. The number of halogens is 1. The normalized spacial score (nSPS) is 19.7. The second-order valence-electron chi connectivity index (χ2n) is 4.07. The number of nitrogens with zero attached hydrogens (tertiary/aromatic N) is 1. The molecule has 1 aliphatic heterocycles. The van der Waals surface area contributed by atoms with E-state index in [1.807, 2.05) is 17.0 Å². The highest BCUT2D eigenvalue weighted by molar-refractivity contribution is 6.33. The molecule has 1 aromatic carbocycles. The summed E-state index contributed by atoms with van der Waals surface area (Å²) in [5.41, 5.74) is 7.24. The van der Waals surface area contributed by atoms with Crippen LogP contribution in [0.3, 0.4) is 0 Å². The molecule has 0 aliphatic carbocycles. The zero-order valence-electron chi connectivity index (χ0n) is 10.1. The van der Waals surface area contributed by atoms with Gasteiger partial charge in [0.15, 0.2) is 0 Å². The number of anilines is 2. The average molecular weight is 270 g/mol. The molecule has 1 aromatic rings. The number of hydrogen-bond acceptors (Lipinski definition) is 4. The molecule has 2 rings (SSSR count). The maximum atomic E-state index is 11.8. The monoisotopic (exact) mass is 269 g/mol. The Morgan fingerprint density at radius 1 is 1.61 bits per heavy atom. The molecule has 6 heteroatoms. The van der Waals surface area contributed by atoms with Gasteiger partial charge in [-0.25, -0.2) is 0 Å². The summed E-state index contributed by atoms with van der Waals surface area (Å²) in [6.07, 6.45) is 0. The maximum absolute atomic E-state index is 11.8. The Hall–Kier alpha value is -1.46. The van der Waals surface area contributed by atoms with Gasteiger partial charge in [-0.05, 0) is 12.1 Å². The Kier molecular flexibility index (Phi) is 3.93. The number of nitrogen functional groups attached to an aromatic ring is 1. The van der Waals surface area contributed by atoms with E-state index in [0.29, 0.717) is 30.5 Å². The van der Waals surface area contributed by atoms with Crippen LogP contribution in [0.4, 0.5) is 11.4 Å². The standard InChI is InChI=1S/C12H16ClN3O2/c1-15-12(17)10-7-18-6-5-16(10)9-4-2-3-8(13)11(9)14/h2-4,10H,5-7,14H2,1H3,(H,15,17). The predicted octanol–water partition coefficient (Wildman–Crippen LogP) is 0.873. The molecule has 3 N–H and O–H groups in total. The summed E-state index contributed by atoms with van der Waals surface area (Å²) in [5.74, 6) is -0.0888. The summed E-state index contributed by atoms with van der Waals surface area (Å²) >= 11 is 6.01. The minimum Gasteiger partial charge on any atom is -0.396 e. The van der Waals surface area contributed by atoms with Crippen molar-refractivity contribution in [1.82, 2.24) is 5.32 Å². The lowest BCUT2D eigenvalue weighted by Crippen LogP contribution is -2.53. The average Bonchev–Trinajstić information content (AvgIpc) is 2.41. The van der Waals surface area contributed by atoms with Gasteiger partial charge in [0.2, 0.25) is 5.91 Å². The predicted molar refractivity (Wildman–Crippen MR) is 71.9 cm³/mol. The van der Waals surface area contributed by atoms with Gasteiger partial charge in [0.1, 0.15) is 6.04 Å². The van der Waals surface area contributed by atoms with E-state index in [2.05, 4.69) is 5.32 Å². The van der Waals surface area contributed by atoms with Crippen LogP contribution < -0.4 is 16.0 Å². The lowest BCUT2D eigenvalue weighted by atomic mass is 10.1. The van der Waals surface area contributed by atoms with E-state index < -0.39 is 0 Å². The van der Waals surface area contributed by atoms with Crippen LogP contribution in [0.5, 0.6) is 0 Å². The van der Waals surface area contributed by atoms with Crippen molar-refractivity contribution < 1.29 is 9.53 Å². The molecular weight excluding hydrogens is 254 g/mol. The first-order chi connectivity index (χ1) is 8.65. The quantitative estimate of drug-likeness (QED) is 0.782. The van der Waals surface area contributed by atoms with E-state index in [1.165, 1.54) is 0 Å². The number of amides is 1. The van der Waals surface area contributed by atoms with Crippen LogP contribution in [-0.4, -0.2) is 38.8 Å². The van der Waals surface area contributed by atoms with Gasteiger partial charge in [-0.15, -0.1) is 0 Å².